The predicted molar refractivity (Wildman–Crippen MR) is 108 cm³/mol. The van der Waals surface area contributed by atoms with E-state index in [1.54, 1.807) is 0 Å². The molecule has 1 atom stereocenters. The van der Waals surface area contributed by atoms with Gasteiger partial charge in [-0.3, -0.25) is 4.90 Å². The minimum atomic E-state index is -3.80. The predicted octanol–water partition coefficient (Wildman–Crippen LogP) is 2.85. The normalized spacial score (nSPS) is 15.7. The summed E-state index contributed by atoms with van der Waals surface area (Å²) in [5.74, 6) is -0.571. The van der Waals surface area contributed by atoms with Gasteiger partial charge in [-0.25, -0.2) is 17.9 Å². The van der Waals surface area contributed by atoms with Gasteiger partial charge in [-0.05, 0) is 42.7 Å². The van der Waals surface area contributed by atoms with Crippen LogP contribution in [-0.4, -0.2) is 45.5 Å². The van der Waals surface area contributed by atoms with Crippen molar-refractivity contribution in [2.24, 2.45) is 0 Å². The quantitative estimate of drug-likeness (QED) is 0.724. The molecule has 0 amide bonds. The van der Waals surface area contributed by atoms with Gasteiger partial charge in [0.05, 0.1) is 17.7 Å². The van der Waals surface area contributed by atoms with Crippen LogP contribution >= 0.6 is 11.6 Å². The molecule has 3 rings (SSSR count). The van der Waals surface area contributed by atoms with Crippen LogP contribution in [0, 0.1) is 0 Å². The van der Waals surface area contributed by atoms with Crippen LogP contribution in [0.4, 0.5) is 0 Å². The van der Waals surface area contributed by atoms with Crippen LogP contribution in [0.15, 0.2) is 47.4 Å². The molecule has 0 aliphatic carbocycles. The molecule has 0 saturated heterocycles. The molecule has 1 N–H and O–H groups in total. The number of hydrogen-bond acceptors (Lipinski definition) is 5. The number of rotatable bonds is 6. The van der Waals surface area contributed by atoms with E-state index < -0.39 is 16.0 Å². The Morgan fingerprint density at radius 2 is 1.96 bits per heavy atom. The molecule has 8 heteroatoms. The van der Waals surface area contributed by atoms with Crippen LogP contribution in [0.5, 0.6) is 0 Å². The second kappa shape index (κ2) is 8.61. The Bertz CT molecular complexity index is 978. The highest BCUT2D eigenvalue weighted by Crippen LogP contribution is 2.24. The number of fused-ring (bicyclic) bond motifs is 1. The first-order valence-electron chi connectivity index (χ1n) is 9.00. The van der Waals surface area contributed by atoms with E-state index in [9.17, 15) is 13.2 Å². The number of benzene rings is 2. The standard InChI is InChI=1S/C20H23ClN2O4S/c1-14(23-10-9-15-5-3-4-6-17(15)13-23)12-22-28(25,26)19-8-7-16(11-18(19)21)20(24)27-2/h3-8,11,14,22H,9-10,12-13H2,1-2H3. The van der Waals surface area contributed by atoms with Crippen LogP contribution in [0.1, 0.15) is 28.4 Å². The number of halogens is 1. The summed E-state index contributed by atoms with van der Waals surface area (Å²) >= 11 is 6.10. The highest BCUT2D eigenvalue weighted by molar-refractivity contribution is 7.89. The molecule has 28 heavy (non-hydrogen) atoms. The minimum Gasteiger partial charge on any atom is -0.465 e. The average Bonchev–Trinajstić information content (AvgIpc) is 2.70. The van der Waals surface area contributed by atoms with Gasteiger partial charge in [0.25, 0.3) is 0 Å². The van der Waals surface area contributed by atoms with Gasteiger partial charge in [0, 0.05) is 25.7 Å². The molecule has 0 saturated carbocycles. The van der Waals surface area contributed by atoms with Crippen molar-refractivity contribution in [1.82, 2.24) is 9.62 Å². The Morgan fingerprint density at radius 3 is 2.64 bits per heavy atom. The fourth-order valence-electron chi connectivity index (χ4n) is 3.29. The molecule has 0 fully saturated rings. The lowest BCUT2D eigenvalue weighted by atomic mass is 9.99. The molecule has 1 aliphatic rings. The zero-order valence-electron chi connectivity index (χ0n) is 15.8. The van der Waals surface area contributed by atoms with Gasteiger partial charge in [0.2, 0.25) is 10.0 Å². The van der Waals surface area contributed by atoms with Gasteiger partial charge in [-0.2, -0.15) is 0 Å². The van der Waals surface area contributed by atoms with Gasteiger partial charge >= 0.3 is 5.97 Å². The second-order valence-electron chi connectivity index (χ2n) is 6.83. The highest BCUT2D eigenvalue weighted by atomic mass is 35.5. The summed E-state index contributed by atoms with van der Waals surface area (Å²) in [5, 5.41) is -0.0186. The fraction of sp³-hybridized carbons (Fsp3) is 0.350. The SMILES string of the molecule is COC(=O)c1ccc(S(=O)(=O)NCC(C)N2CCc3ccccc3C2)c(Cl)c1. The first kappa shape index (κ1) is 20.8. The molecule has 0 radical (unpaired) electrons. The number of nitrogens with one attached hydrogen (secondary N) is 1. The van der Waals surface area contributed by atoms with Crippen LogP contribution in [0.25, 0.3) is 0 Å². The lowest BCUT2D eigenvalue weighted by Crippen LogP contribution is -2.44. The molecule has 1 aliphatic heterocycles. The molecule has 1 heterocycles. The Balaban J connectivity index is 1.66. The van der Waals surface area contributed by atoms with Gasteiger partial charge in [-0.1, -0.05) is 35.9 Å². The number of methoxy groups -OCH3 is 1. The van der Waals surface area contributed by atoms with Crippen molar-refractivity contribution >= 4 is 27.6 Å². The topological polar surface area (TPSA) is 75.7 Å². The third-order valence-corrected chi connectivity index (χ3v) is 6.90. The van der Waals surface area contributed by atoms with Crippen molar-refractivity contribution in [3.05, 3.63) is 64.2 Å². The van der Waals surface area contributed by atoms with Crippen molar-refractivity contribution < 1.29 is 17.9 Å². The molecule has 6 nitrogen and oxygen atoms in total. The average molecular weight is 423 g/mol. The maximum atomic E-state index is 12.7. The highest BCUT2D eigenvalue weighted by Gasteiger charge is 2.24. The first-order valence-corrected chi connectivity index (χ1v) is 10.9. The number of sulfonamides is 1. The number of carbonyl (C=O) groups is 1. The summed E-state index contributed by atoms with van der Waals surface area (Å²) in [6, 6.07) is 12.3. The van der Waals surface area contributed by atoms with E-state index in [0.717, 1.165) is 19.5 Å². The number of nitrogens with zero attached hydrogens (tertiary/aromatic N) is 1. The fourth-order valence-corrected chi connectivity index (χ4v) is 4.96. The molecular formula is C20H23ClN2O4S. The van der Waals surface area contributed by atoms with E-state index in [1.807, 2.05) is 19.1 Å². The Hall–Kier alpha value is -1.93. The van der Waals surface area contributed by atoms with Crippen molar-refractivity contribution in [2.45, 2.75) is 30.8 Å². The lowest BCUT2D eigenvalue weighted by Gasteiger charge is -2.33. The summed E-state index contributed by atoms with van der Waals surface area (Å²) in [4.78, 5) is 13.8. The first-order chi connectivity index (χ1) is 13.3. The van der Waals surface area contributed by atoms with Crippen LogP contribution in [0.2, 0.25) is 5.02 Å². The van der Waals surface area contributed by atoms with Crippen LogP contribution in [0.3, 0.4) is 0 Å². The summed E-state index contributed by atoms with van der Waals surface area (Å²) in [5.41, 5.74) is 2.83. The van der Waals surface area contributed by atoms with E-state index in [2.05, 4.69) is 26.5 Å². The number of esters is 1. The molecule has 0 aromatic heterocycles. The Labute approximate surface area is 170 Å². The number of hydrogen-bond donors (Lipinski definition) is 1. The van der Waals surface area contributed by atoms with E-state index in [1.165, 1.54) is 36.4 Å². The minimum absolute atomic E-state index is 0.0186. The largest absolute Gasteiger partial charge is 0.465 e. The number of carbonyl (C=O) groups excluding carboxylic acids is 1. The van der Waals surface area contributed by atoms with E-state index in [4.69, 9.17) is 11.6 Å². The van der Waals surface area contributed by atoms with Gasteiger partial charge in [-0.15, -0.1) is 0 Å². The Kier molecular flexibility index (Phi) is 6.40. The monoisotopic (exact) mass is 422 g/mol. The third-order valence-electron chi connectivity index (χ3n) is 4.99. The van der Waals surface area contributed by atoms with Crippen LogP contribution in [-0.2, 0) is 27.7 Å². The zero-order valence-corrected chi connectivity index (χ0v) is 17.4. The molecule has 2 aromatic rings. The van der Waals surface area contributed by atoms with Crippen LogP contribution < -0.4 is 4.72 Å². The van der Waals surface area contributed by atoms with E-state index in [-0.39, 0.29) is 28.1 Å². The Morgan fingerprint density at radius 1 is 1.25 bits per heavy atom. The molecule has 0 bridgehead atoms. The summed E-state index contributed by atoms with van der Waals surface area (Å²) < 4.78 is 32.6. The molecular weight excluding hydrogens is 400 g/mol. The van der Waals surface area contributed by atoms with Crippen molar-refractivity contribution in [2.75, 3.05) is 20.2 Å². The van der Waals surface area contributed by atoms with Crippen molar-refractivity contribution in [3.63, 3.8) is 0 Å². The lowest BCUT2D eigenvalue weighted by molar-refractivity contribution is 0.0600. The van der Waals surface area contributed by atoms with Gasteiger partial charge in [0.15, 0.2) is 0 Å². The smallest absolute Gasteiger partial charge is 0.337 e. The molecule has 150 valence electrons. The summed E-state index contributed by atoms with van der Waals surface area (Å²) in [6.45, 7) is 3.94. The van der Waals surface area contributed by atoms with Crippen molar-refractivity contribution in [1.29, 1.82) is 0 Å². The maximum Gasteiger partial charge on any atom is 0.337 e. The molecule has 1 unspecified atom stereocenters. The number of ether oxygens (including phenoxy) is 1. The van der Waals surface area contributed by atoms with Gasteiger partial charge in [0.1, 0.15) is 4.90 Å². The van der Waals surface area contributed by atoms with E-state index >= 15 is 0 Å². The molecule has 0 spiro atoms. The maximum absolute atomic E-state index is 12.7. The van der Waals surface area contributed by atoms with Gasteiger partial charge < -0.3 is 4.74 Å². The summed E-state index contributed by atoms with van der Waals surface area (Å²) in [6.07, 6.45) is 0.952. The second-order valence-corrected chi connectivity index (χ2v) is 8.97. The van der Waals surface area contributed by atoms with E-state index in [0.29, 0.717) is 0 Å². The summed E-state index contributed by atoms with van der Waals surface area (Å²) in [7, 11) is -2.54. The molecule has 2 aromatic carbocycles. The third kappa shape index (κ3) is 4.55. The van der Waals surface area contributed by atoms with Crippen molar-refractivity contribution in [3.8, 4) is 0 Å². The zero-order chi connectivity index (χ0) is 20.3.